The third kappa shape index (κ3) is 4.47. The largest absolute Gasteiger partial charge is 0.508 e. The van der Waals surface area contributed by atoms with Crippen molar-refractivity contribution in [1.82, 2.24) is 0 Å². The number of hydrogen-bond donors (Lipinski definition) is 2. The van der Waals surface area contributed by atoms with E-state index in [0.717, 1.165) is 11.3 Å². The van der Waals surface area contributed by atoms with Crippen LogP contribution in [0.15, 0.2) is 48.5 Å². The van der Waals surface area contributed by atoms with Crippen molar-refractivity contribution in [3.63, 3.8) is 0 Å². The zero-order chi connectivity index (χ0) is 14.3. The fourth-order valence-corrected chi connectivity index (χ4v) is 1.45. The Morgan fingerprint density at radius 1 is 0.947 bits per heavy atom. The van der Waals surface area contributed by atoms with Gasteiger partial charge in [0.05, 0.1) is 0 Å². The summed E-state index contributed by atoms with van der Waals surface area (Å²) in [6.07, 6.45) is 0. The molecule has 100 valence electrons. The fourth-order valence-electron chi connectivity index (χ4n) is 1.45. The molecule has 0 aliphatic carbocycles. The lowest BCUT2D eigenvalue weighted by Gasteiger charge is -2.05. The lowest BCUT2D eigenvalue weighted by Crippen LogP contribution is -2.11. The van der Waals surface area contributed by atoms with Gasteiger partial charge in [-0.25, -0.2) is 0 Å². The molecule has 2 aromatic carbocycles. The van der Waals surface area contributed by atoms with Crippen molar-refractivity contribution in [2.75, 3.05) is 5.32 Å². The molecule has 0 bridgehead atoms. The zero-order valence-corrected chi connectivity index (χ0v) is 11.5. The highest BCUT2D eigenvalue weighted by molar-refractivity contribution is 6.04. The summed E-state index contributed by atoms with van der Waals surface area (Å²) in [5.41, 5.74) is 2.42. The third-order valence-electron chi connectivity index (χ3n) is 2.44. The molecule has 0 aromatic heterocycles. The summed E-state index contributed by atoms with van der Waals surface area (Å²) in [4.78, 5) is 11.8. The van der Waals surface area contributed by atoms with Crippen LogP contribution >= 0.6 is 0 Å². The van der Waals surface area contributed by atoms with Gasteiger partial charge in [0.15, 0.2) is 0 Å². The van der Waals surface area contributed by atoms with Crippen molar-refractivity contribution in [3.8, 4) is 5.75 Å². The Hall–Kier alpha value is -2.29. The minimum atomic E-state index is -0.186. The van der Waals surface area contributed by atoms with Crippen LogP contribution in [0, 0.1) is 6.92 Å². The molecule has 0 heterocycles. The van der Waals surface area contributed by atoms with Gasteiger partial charge in [-0.05, 0) is 43.3 Å². The summed E-state index contributed by atoms with van der Waals surface area (Å²) in [6.45, 7) is 5.99. The van der Waals surface area contributed by atoms with Gasteiger partial charge in [-0.2, -0.15) is 0 Å². The molecule has 3 nitrogen and oxygen atoms in total. The second-order valence-corrected chi connectivity index (χ2v) is 3.87. The van der Waals surface area contributed by atoms with Gasteiger partial charge >= 0.3 is 0 Å². The number of anilines is 1. The first kappa shape index (κ1) is 14.8. The predicted octanol–water partition coefficient (Wildman–Crippen LogP) is 3.98. The highest BCUT2D eigenvalue weighted by Crippen LogP contribution is 2.13. The molecule has 0 aliphatic heterocycles. The van der Waals surface area contributed by atoms with Gasteiger partial charge in [-0.1, -0.05) is 31.5 Å². The number of aryl methyl sites for hydroxylation is 1. The normalized spacial score (nSPS) is 9.21. The summed E-state index contributed by atoms with van der Waals surface area (Å²) in [6, 6.07) is 13.7. The van der Waals surface area contributed by atoms with E-state index in [-0.39, 0.29) is 11.7 Å². The molecule has 0 atom stereocenters. The Kier molecular flexibility index (Phi) is 5.61. The minimum absolute atomic E-state index is 0.150. The third-order valence-corrected chi connectivity index (χ3v) is 2.44. The number of carbonyl (C=O) groups excluding carboxylic acids is 1. The molecule has 0 aliphatic rings. The number of hydrogen-bond acceptors (Lipinski definition) is 2. The number of phenols is 1. The van der Waals surface area contributed by atoms with Crippen molar-refractivity contribution < 1.29 is 9.90 Å². The predicted molar refractivity (Wildman–Crippen MR) is 78.6 cm³/mol. The van der Waals surface area contributed by atoms with Crippen molar-refractivity contribution in [3.05, 3.63) is 59.7 Å². The lowest BCUT2D eigenvalue weighted by molar-refractivity contribution is 0.102. The average molecular weight is 257 g/mol. The van der Waals surface area contributed by atoms with E-state index >= 15 is 0 Å². The van der Waals surface area contributed by atoms with Crippen molar-refractivity contribution in [2.24, 2.45) is 0 Å². The quantitative estimate of drug-likeness (QED) is 0.855. The van der Waals surface area contributed by atoms with E-state index in [1.165, 1.54) is 12.1 Å². The Morgan fingerprint density at radius 2 is 1.47 bits per heavy atom. The van der Waals surface area contributed by atoms with Gasteiger partial charge in [0.25, 0.3) is 5.91 Å². The molecule has 1 amide bonds. The topological polar surface area (TPSA) is 49.3 Å². The number of nitrogens with one attached hydrogen (secondary N) is 1. The standard InChI is InChI=1S/C14H13NO2.C2H6/c1-10-2-6-12(7-3-10)15-14(17)11-4-8-13(16)9-5-11;1-2/h2-9,16H,1H3,(H,15,17);1-2H3. The molecule has 0 spiro atoms. The molecule has 0 saturated heterocycles. The number of aromatic hydroxyl groups is 1. The Balaban J connectivity index is 0.000000861. The zero-order valence-electron chi connectivity index (χ0n) is 11.5. The maximum atomic E-state index is 11.8. The number of amides is 1. The van der Waals surface area contributed by atoms with E-state index in [1.807, 2.05) is 45.0 Å². The number of phenolic OH excluding ortho intramolecular Hbond substituents is 1. The number of rotatable bonds is 2. The molecule has 0 saturated carbocycles. The van der Waals surface area contributed by atoms with E-state index in [1.54, 1.807) is 12.1 Å². The summed E-state index contributed by atoms with van der Waals surface area (Å²) in [7, 11) is 0. The molecular weight excluding hydrogens is 238 g/mol. The van der Waals surface area contributed by atoms with Gasteiger partial charge in [0.1, 0.15) is 5.75 Å². The van der Waals surface area contributed by atoms with Crippen LogP contribution in [0.1, 0.15) is 29.8 Å². The molecular formula is C16H19NO2. The second kappa shape index (κ2) is 7.21. The molecule has 2 rings (SSSR count). The van der Waals surface area contributed by atoms with Gasteiger partial charge in [-0.3, -0.25) is 4.79 Å². The molecule has 2 N–H and O–H groups in total. The number of benzene rings is 2. The van der Waals surface area contributed by atoms with E-state index in [0.29, 0.717) is 5.56 Å². The van der Waals surface area contributed by atoms with Crippen LogP contribution in [0.3, 0.4) is 0 Å². The Bertz CT molecular complexity index is 515. The number of carbonyl (C=O) groups is 1. The second-order valence-electron chi connectivity index (χ2n) is 3.87. The van der Waals surface area contributed by atoms with Gasteiger partial charge in [0, 0.05) is 11.3 Å². The van der Waals surface area contributed by atoms with Crippen LogP contribution in [-0.4, -0.2) is 11.0 Å². The molecule has 2 aromatic rings. The minimum Gasteiger partial charge on any atom is -0.508 e. The fraction of sp³-hybridized carbons (Fsp3) is 0.188. The summed E-state index contributed by atoms with van der Waals surface area (Å²) in [5, 5.41) is 11.9. The van der Waals surface area contributed by atoms with Crippen molar-refractivity contribution in [1.29, 1.82) is 0 Å². The van der Waals surface area contributed by atoms with E-state index < -0.39 is 0 Å². The monoisotopic (exact) mass is 257 g/mol. The van der Waals surface area contributed by atoms with Gasteiger partial charge < -0.3 is 10.4 Å². The molecule has 0 radical (unpaired) electrons. The van der Waals surface area contributed by atoms with E-state index in [2.05, 4.69) is 5.32 Å². The van der Waals surface area contributed by atoms with Gasteiger partial charge in [0.2, 0.25) is 0 Å². The van der Waals surface area contributed by atoms with Crippen molar-refractivity contribution >= 4 is 11.6 Å². The molecule has 0 fully saturated rings. The lowest BCUT2D eigenvalue weighted by atomic mass is 10.2. The van der Waals surface area contributed by atoms with Crippen LogP contribution in [0.25, 0.3) is 0 Å². The molecule has 0 unspecified atom stereocenters. The summed E-state index contributed by atoms with van der Waals surface area (Å²) >= 11 is 0. The van der Waals surface area contributed by atoms with Crippen LogP contribution < -0.4 is 5.32 Å². The summed E-state index contributed by atoms with van der Waals surface area (Å²) < 4.78 is 0. The van der Waals surface area contributed by atoms with E-state index in [4.69, 9.17) is 5.11 Å². The smallest absolute Gasteiger partial charge is 0.255 e. The first-order valence-electron chi connectivity index (χ1n) is 6.32. The Labute approximate surface area is 113 Å². The molecule has 3 heteroatoms. The Morgan fingerprint density at radius 3 is 2.00 bits per heavy atom. The van der Waals surface area contributed by atoms with Crippen LogP contribution in [-0.2, 0) is 0 Å². The maximum absolute atomic E-state index is 11.8. The first-order valence-corrected chi connectivity index (χ1v) is 6.32. The van der Waals surface area contributed by atoms with Crippen molar-refractivity contribution in [2.45, 2.75) is 20.8 Å². The average Bonchev–Trinajstić information content (AvgIpc) is 2.44. The highest BCUT2D eigenvalue weighted by Gasteiger charge is 2.05. The van der Waals surface area contributed by atoms with Crippen LogP contribution in [0.4, 0.5) is 5.69 Å². The van der Waals surface area contributed by atoms with Crippen LogP contribution in [0.2, 0.25) is 0 Å². The molecule has 19 heavy (non-hydrogen) atoms. The first-order chi connectivity index (χ1) is 9.15. The van der Waals surface area contributed by atoms with E-state index in [9.17, 15) is 4.79 Å². The van der Waals surface area contributed by atoms with Crippen LogP contribution in [0.5, 0.6) is 5.75 Å². The van der Waals surface area contributed by atoms with Gasteiger partial charge in [-0.15, -0.1) is 0 Å². The SMILES string of the molecule is CC.Cc1ccc(NC(=O)c2ccc(O)cc2)cc1. The summed E-state index contributed by atoms with van der Waals surface area (Å²) in [5.74, 6) is -0.0364. The highest BCUT2D eigenvalue weighted by atomic mass is 16.3. The maximum Gasteiger partial charge on any atom is 0.255 e.